The highest BCUT2D eigenvalue weighted by atomic mass is 35.5. The average Bonchev–Trinajstić information content (AvgIpc) is 2.37. The van der Waals surface area contributed by atoms with Gasteiger partial charge in [0.1, 0.15) is 0 Å². The molecular weight excluding hydrogens is 250 g/mol. The molecule has 0 heterocycles. The first-order valence-electron chi connectivity index (χ1n) is 5.28. The molecule has 0 saturated carbocycles. The number of hydrogen-bond donors (Lipinski definition) is 1. The maximum Gasteiger partial charge on any atom is 0.335 e. The summed E-state index contributed by atoms with van der Waals surface area (Å²) in [6.45, 7) is 0. The SMILES string of the molecule is O=C(O)c1cccc(N=Cc2cccc(Cl)c2)c1. The maximum absolute atomic E-state index is 10.8. The standard InChI is InChI=1S/C14H10ClNO2/c15-12-5-1-3-10(7-12)9-16-13-6-2-4-11(8-13)14(17)18/h1-9H,(H,17,18). The van der Waals surface area contributed by atoms with Gasteiger partial charge in [-0.05, 0) is 35.9 Å². The molecule has 0 aliphatic rings. The van der Waals surface area contributed by atoms with E-state index in [1.54, 1.807) is 30.5 Å². The number of carboxylic acid groups (broad SMARTS) is 1. The fraction of sp³-hybridized carbons (Fsp3) is 0. The van der Waals surface area contributed by atoms with E-state index in [-0.39, 0.29) is 5.56 Å². The number of carbonyl (C=O) groups is 1. The van der Waals surface area contributed by atoms with Crippen molar-refractivity contribution in [3.8, 4) is 0 Å². The molecule has 4 heteroatoms. The van der Waals surface area contributed by atoms with E-state index in [4.69, 9.17) is 16.7 Å². The molecule has 1 N–H and O–H groups in total. The molecule has 0 aliphatic carbocycles. The molecule has 3 nitrogen and oxygen atoms in total. The Morgan fingerprint density at radius 2 is 1.94 bits per heavy atom. The molecule has 0 saturated heterocycles. The molecule has 0 atom stereocenters. The Kier molecular flexibility index (Phi) is 3.75. The van der Waals surface area contributed by atoms with Crippen LogP contribution in [0.1, 0.15) is 15.9 Å². The molecule has 2 aromatic rings. The lowest BCUT2D eigenvalue weighted by molar-refractivity contribution is 0.0697. The Hall–Kier alpha value is -2.13. The van der Waals surface area contributed by atoms with Gasteiger partial charge in [-0.25, -0.2) is 4.79 Å². The number of halogens is 1. The number of nitrogens with zero attached hydrogens (tertiary/aromatic N) is 1. The highest BCUT2D eigenvalue weighted by molar-refractivity contribution is 6.30. The van der Waals surface area contributed by atoms with Crippen molar-refractivity contribution in [2.24, 2.45) is 4.99 Å². The van der Waals surface area contributed by atoms with Crippen LogP contribution in [0.25, 0.3) is 0 Å². The second-order valence-corrected chi connectivity index (χ2v) is 4.11. The van der Waals surface area contributed by atoms with Crippen molar-refractivity contribution < 1.29 is 9.90 Å². The average molecular weight is 260 g/mol. The van der Waals surface area contributed by atoms with Crippen molar-refractivity contribution in [3.05, 3.63) is 64.7 Å². The van der Waals surface area contributed by atoms with Crippen molar-refractivity contribution in [1.82, 2.24) is 0 Å². The van der Waals surface area contributed by atoms with Gasteiger partial charge >= 0.3 is 5.97 Å². The summed E-state index contributed by atoms with van der Waals surface area (Å²) in [4.78, 5) is 15.0. The number of benzene rings is 2. The molecule has 2 rings (SSSR count). The van der Waals surface area contributed by atoms with Crippen LogP contribution in [-0.4, -0.2) is 17.3 Å². The summed E-state index contributed by atoms with van der Waals surface area (Å²) < 4.78 is 0. The van der Waals surface area contributed by atoms with Crippen LogP contribution in [-0.2, 0) is 0 Å². The zero-order valence-corrected chi connectivity index (χ0v) is 10.1. The highest BCUT2D eigenvalue weighted by Gasteiger charge is 2.01. The molecule has 90 valence electrons. The van der Waals surface area contributed by atoms with Crippen LogP contribution in [0.5, 0.6) is 0 Å². The highest BCUT2D eigenvalue weighted by Crippen LogP contribution is 2.15. The van der Waals surface area contributed by atoms with E-state index in [1.807, 2.05) is 12.1 Å². The first kappa shape index (κ1) is 12.3. The van der Waals surface area contributed by atoms with Crippen molar-refractivity contribution in [2.75, 3.05) is 0 Å². The van der Waals surface area contributed by atoms with Crippen molar-refractivity contribution in [3.63, 3.8) is 0 Å². The first-order valence-corrected chi connectivity index (χ1v) is 5.66. The van der Waals surface area contributed by atoms with Crippen LogP contribution < -0.4 is 0 Å². The molecule has 0 bridgehead atoms. The van der Waals surface area contributed by atoms with Crippen LogP contribution in [0.2, 0.25) is 5.02 Å². The molecule has 0 aromatic heterocycles. The Balaban J connectivity index is 2.23. The van der Waals surface area contributed by atoms with Crippen LogP contribution in [0, 0.1) is 0 Å². The van der Waals surface area contributed by atoms with Gasteiger partial charge in [0, 0.05) is 11.2 Å². The number of carboxylic acids is 1. The second-order valence-electron chi connectivity index (χ2n) is 3.67. The van der Waals surface area contributed by atoms with Gasteiger partial charge in [0.15, 0.2) is 0 Å². The van der Waals surface area contributed by atoms with Crippen LogP contribution in [0.3, 0.4) is 0 Å². The molecule has 0 aliphatic heterocycles. The molecular formula is C14H10ClNO2. The summed E-state index contributed by atoms with van der Waals surface area (Å²) in [7, 11) is 0. The van der Waals surface area contributed by atoms with E-state index in [0.717, 1.165) is 5.56 Å². The normalized spacial score (nSPS) is 10.7. The Labute approximate surface area is 109 Å². The summed E-state index contributed by atoms with van der Waals surface area (Å²) >= 11 is 5.85. The molecule has 18 heavy (non-hydrogen) atoms. The minimum atomic E-state index is -0.963. The van der Waals surface area contributed by atoms with E-state index in [2.05, 4.69) is 4.99 Å². The van der Waals surface area contributed by atoms with Crippen molar-refractivity contribution in [2.45, 2.75) is 0 Å². The molecule has 2 aromatic carbocycles. The number of aliphatic imine (C=N–C) groups is 1. The van der Waals surface area contributed by atoms with E-state index < -0.39 is 5.97 Å². The van der Waals surface area contributed by atoms with Crippen molar-refractivity contribution in [1.29, 1.82) is 0 Å². The smallest absolute Gasteiger partial charge is 0.335 e. The first-order chi connectivity index (χ1) is 8.65. The summed E-state index contributed by atoms with van der Waals surface area (Å²) in [5.74, 6) is -0.963. The zero-order chi connectivity index (χ0) is 13.0. The third-order valence-corrected chi connectivity index (χ3v) is 2.54. The number of hydrogen-bond acceptors (Lipinski definition) is 2. The van der Waals surface area contributed by atoms with E-state index >= 15 is 0 Å². The third-order valence-electron chi connectivity index (χ3n) is 2.30. The third kappa shape index (κ3) is 3.18. The summed E-state index contributed by atoms with van der Waals surface area (Å²) in [5.41, 5.74) is 1.67. The van der Waals surface area contributed by atoms with E-state index in [1.165, 1.54) is 12.1 Å². The quantitative estimate of drug-likeness (QED) is 0.853. The fourth-order valence-electron chi connectivity index (χ4n) is 1.46. The van der Waals surface area contributed by atoms with Crippen LogP contribution >= 0.6 is 11.6 Å². The van der Waals surface area contributed by atoms with Gasteiger partial charge in [0.05, 0.1) is 11.3 Å². The van der Waals surface area contributed by atoms with Crippen LogP contribution in [0.4, 0.5) is 5.69 Å². The minimum absolute atomic E-state index is 0.218. The molecule has 0 unspecified atom stereocenters. The minimum Gasteiger partial charge on any atom is -0.478 e. The van der Waals surface area contributed by atoms with Gasteiger partial charge in [-0.15, -0.1) is 0 Å². The molecule has 0 radical (unpaired) electrons. The summed E-state index contributed by atoms with van der Waals surface area (Å²) in [5, 5.41) is 9.50. The van der Waals surface area contributed by atoms with Gasteiger partial charge in [-0.2, -0.15) is 0 Å². The molecule has 0 fully saturated rings. The predicted molar refractivity (Wildman–Crippen MR) is 72.1 cm³/mol. The second kappa shape index (κ2) is 5.47. The fourth-order valence-corrected chi connectivity index (χ4v) is 1.65. The van der Waals surface area contributed by atoms with E-state index in [0.29, 0.717) is 10.7 Å². The Morgan fingerprint density at radius 1 is 1.17 bits per heavy atom. The van der Waals surface area contributed by atoms with Crippen LogP contribution in [0.15, 0.2) is 53.5 Å². The monoisotopic (exact) mass is 259 g/mol. The zero-order valence-electron chi connectivity index (χ0n) is 9.38. The van der Waals surface area contributed by atoms with E-state index in [9.17, 15) is 4.79 Å². The predicted octanol–water partition coefficient (Wildman–Crippen LogP) is 3.79. The van der Waals surface area contributed by atoms with Gasteiger partial charge in [0.2, 0.25) is 0 Å². The topological polar surface area (TPSA) is 49.7 Å². The summed E-state index contributed by atoms with van der Waals surface area (Å²) in [6.07, 6.45) is 1.65. The number of rotatable bonds is 3. The lowest BCUT2D eigenvalue weighted by atomic mass is 10.2. The van der Waals surface area contributed by atoms with Gasteiger partial charge in [0.25, 0.3) is 0 Å². The lowest BCUT2D eigenvalue weighted by Crippen LogP contribution is -1.94. The van der Waals surface area contributed by atoms with Gasteiger partial charge < -0.3 is 5.11 Å². The van der Waals surface area contributed by atoms with Gasteiger partial charge in [-0.3, -0.25) is 4.99 Å². The molecule has 0 spiro atoms. The number of aromatic carboxylic acids is 1. The lowest BCUT2D eigenvalue weighted by Gasteiger charge is -1.97. The Bertz CT molecular complexity index is 608. The summed E-state index contributed by atoms with van der Waals surface area (Å²) in [6, 6.07) is 13.7. The van der Waals surface area contributed by atoms with Gasteiger partial charge in [-0.1, -0.05) is 29.8 Å². The Morgan fingerprint density at radius 3 is 2.67 bits per heavy atom. The van der Waals surface area contributed by atoms with Crippen molar-refractivity contribution >= 4 is 29.5 Å². The maximum atomic E-state index is 10.8. The largest absolute Gasteiger partial charge is 0.478 e. The molecule has 0 amide bonds.